The van der Waals surface area contributed by atoms with Gasteiger partial charge in [-0.1, -0.05) is 54.2 Å². The Hall–Kier alpha value is -2.64. The van der Waals surface area contributed by atoms with Crippen LogP contribution in [0.3, 0.4) is 0 Å². The summed E-state index contributed by atoms with van der Waals surface area (Å²) in [6.07, 6.45) is 0. The molecule has 29 heavy (non-hydrogen) atoms. The molecule has 152 valence electrons. The molecule has 2 aromatic carbocycles. The fourth-order valence-electron chi connectivity index (χ4n) is 3.11. The van der Waals surface area contributed by atoms with Crippen LogP contribution in [0, 0.1) is 20.8 Å². The highest BCUT2D eigenvalue weighted by atomic mass is 32.2. The van der Waals surface area contributed by atoms with Crippen molar-refractivity contribution >= 4 is 17.7 Å². The Bertz CT molecular complexity index is 972. The van der Waals surface area contributed by atoms with Gasteiger partial charge in [0.15, 0.2) is 5.16 Å². The van der Waals surface area contributed by atoms with Gasteiger partial charge in [-0.3, -0.25) is 9.36 Å². The number of hydrogen-bond donors (Lipinski definition) is 1. The molecule has 0 aliphatic heterocycles. The Labute approximate surface area is 175 Å². The van der Waals surface area contributed by atoms with Crippen LogP contribution in [-0.4, -0.2) is 49.6 Å². The number of aryl methyl sites for hydroxylation is 3. The van der Waals surface area contributed by atoms with Crippen molar-refractivity contribution in [2.45, 2.75) is 32.5 Å². The summed E-state index contributed by atoms with van der Waals surface area (Å²) in [4.78, 5) is 14.5. The minimum atomic E-state index is -0.0684. The average Bonchev–Trinajstić information content (AvgIpc) is 3.08. The highest BCUT2D eigenvalue weighted by molar-refractivity contribution is 7.99. The first-order chi connectivity index (χ1) is 14.0. The van der Waals surface area contributed by atoms with E-state index in [4.69, 9.17) is 0 Å². The maximum absolute atomic E-state index is 12.8. The number of hydrogen-bond acceptors (Lipinski definition) is 5. The summed E-state index contributed by atoms with van der Waals surface area (Å²) >= 11 is 1.37. The smallest absolute Gasteiger partial charge is 0.233 e. The second kappa shape index (κ2) is 9.71. The maximum Gasteiger partial charge on any atom is 0.233 e. The fraction of sp³-hybridized carbons (Fsp3) is 0.318. The van der Waals surface area contributed by atoms with E-state index in [0.29, 0.717) is 18.2 Å². The molecule has 0 saturated heterocycles. The third kappa shape index (κ3) is 5.25. The van der Waals surface area contributed by atoms with Crippen LogP contribution in [0.5, 0.6) is 0 Å². The molecule has 1 amide bonds. The summed E-state index contributed by atoms with van der Waals surface area (Å²) in [7, 11) is 0. The van der Waals surface area contributed by atoms with Gasteiger partial charge < -0.3 is 10.0 Å². The molecule has 0 unspecified atom stereocenters. The Morgan fingerprint density at radius 3 is 2.59 bits per heavy atom. The van der Waals surface area contributed by atoms with Crippen LogP contribution in [0.15, 0.2) is 53.7 Å². The van der Waals surface area contributed by atoms with Crippen molar-refractivity contribution in [2.75, 3.05) is 18.9 Å². The van der Waals surface area contributed by atoms with E-state index in [9.17, 15) is 9.90 Å². The SMILES string of the molecule is Cc1ccc(C)c(-n2c(C)nnc2SCC(=O)N(CCO)Cc2ccccc2)c1. The predicted molar refractivity (Wildman–Crippen MR) is 115 cm³/mol. The molecule has 0 atom stereocenters. The fourth-order valence-corrected chi connectivity index (χ4v) is 4.00. The van der Waals surface area contributed by atoms with Crippen molar-refractivity contribution in [2.24, 2.45) is 0 Å². The van der Waals surface area contributed by atoms with Crippen LogP contribution in [-0.2, 0) is 11.3 Å². The van der Waals surface area contributed by atoms with Gasteiger partial charge in [0, 0.05) is 13.1 Å². The van der Waals surface area contributed by atoms with Crippen molar-refractivity contribution in [3.63, 3.8) is 0 Å². The number of benzene rings is 2. The Kier molecular flexibility index (Phi) is 7.06. The zero-order valence-corrected chi connectivity index (χ0v) is 17.8. The quantitative estimate of drug-likeness (QED) is 0.577. The van der Waals surface area contributed by atoms with Crippen LogP contribution < -0.4 is 0 Å². The zero-order chi connectivity index (χ0) is 20.8. The van der Waals surface area contributed by atoms with Gasteiger partial charge in [0.1, 0.15) is 5.82 Å². The van der Waals surface area contributed by atoms with Crippen LogP contribution >= 0.6 is 11.8 Å². The maximum atomic E-state index is 12.8. The molecule has 3 rings (SSSR count). The van der Waals surface area contributed by atoms with E-state index >= 15 is 0 Å². The highest BCUT2D eigenvalue weighted by Gasteiger charge is 2.18. The first-order valence-corrected chi connectivity index (χ1v) is 10.5. The topological polar surface area (TPSA) is 71.2 Å². The van der Waals surface area contributed by atoms with E-state index in [1.165, 1.54) is 11.8 Å². The van der Waals surface area contributed by atoms with Crippen molar-refractivity contribution in [3.8, 4) is 5.69 Å². The van der Waals surface area contributed by atoms with Crippen molar-refractivity contribution in [3.05, 3.63) is 71.0 Å². The molecule has 0 radical (unpaired) electrons. The molecule has 0 bridgehead atoms. The second-order valence-corrected chi connectivity index (χ2v) is 7.91. The van der Waals surface area contributed by atoms with E-state index in [1.807, 2.05) is 41.8 Å². The summed E-state index contributed by atoms with van der Waals surface area (Å²) in [6.45, 7) is 6.72. The monoisotopic (exact) mass is 410 g/mol. The molecule has 0 aliphatic carbocycles. The molecular formula is C22H26N4O2S. The summed E-state index contributed by atoms with van der Waals surface area (Å²) < 4.78 is 1.99. The third-order valence-corrected chi connectivity index (χ3v) is 5.58. The summed E-state index contributed by atoms with van der Waals surface area (Å²) in [5.41, 5.74) is 4.34. The predicted octanol–water partition coefficient (Wildman–Crippen LogP) is 3.31. The second-order valence-electron chi connectivity index (χ2n) is 6.97. The molecule has 0 saturated carbocycles. The van der Waals surface area contributed by atoms with Crippen molar-refractivity contribution in [1.29, 1.82) is 0 Å². The Morgan fingerprint density at radius 2 is 1.86 bits per heavy atom. The lowest BCUT2D eigenvalue weighted by atomic mass is 10.1. The van der Waals surface area contributed by atoms with Gasteiger partial charge in [-0.25, -0.2) is 0 Å². The normalized spacial score (nSPS) is 10.9. The molecule has 0 fully saturated rings. The Balaban J connectivity index is 1.75. The van der Waals surface area contributed by atoms with Crippen molar-refractivity contribution in [1.82, 2.24) is 19.7 Å². The summed E-state index contributed by atoms with van der Waals surface area (Å²) in [5.74, 6) is 0.974. The van der Waals surface area contributed by atoms with E-state index in [1.54, 1.807) is 4.90 Å². The molecule has 1 heterocycles. The molecule has 1 aromatic heterocycles. The first-order valence-electron chi connectivity index (χ1n) is 9.54. The zero-order valence-electron chi connectivity index (χ0n) is 17.0. The van der Waals surface area contributed by atoms with Crippen LogP contribution in [0.1, 0.15) is 22.5 Å². The van der Waals surface area contributed by atoms with Crippen LogP contribution in [0.2, 0.25) is 0 Å². The largest absolute Gasteiger partial charge is 0.395 e. The van der Waals surface area contributed by atoms with E-state index < -0.39 is 0 Å². The van der Waals surface area contributed by atoms with Gasteiger partial charge >= 0.3 is 0 Å². The number of amides is 1. The first kappa shape index (κ1) is 21.1. The Morgan fingerprint density at radius 1 is 1.10 bits per heavy atom. The van der Waals surface area contributed by atoms with Gasteiger partial charge in [-0.2, -0.15) is 0 Å². The number of aliphatic hydroxyl groups is 1. The van der Waals surface area contributed by atoms with Gasteiger partial charge in [-0.15, -0.1) is 10.2 Å². The molecule has 3 aromatic rings. The van der Waals surface area contributed by atoms with E-state index in [2.05, 4.69) is 42.2 Å². The number of thioether (sulfide) groups is 1. The lowest BCUT2D eigenvalue weighted by Gasteiger charge is -2.22. The van der Waals surface area contributed by atoms with Gasteiger partial charge in [-0.05, 0) is 43.5 Å². The number of carbonyl (C=O) groups excluding carboxylic acids is 1. The minimum Gasteiger partial charge on any atom is -0.395 e. The van der Waals surface area contributed by atoms with E-state index in [-0.39, 0.29) is 18.3 Å². The number of rotatable bonds is 8. The van der Waals surface area contributed by atoms with Crippen LogP contribution in [0.25, 0.3) is 5.69 Å². The van der Waals surface area contributed by atoms with Crippen molar-refractivity contribution < 1.29 is 9.90 Å². The van der Waals surface area contributed by atoms with Gasteiger partial charge in [0.05, 0.1) is 18.0 Å². The van der Waals surface area contributed by atoms with Crippen LogP contribution in [0.4, 0.5) is 0 Å². The molecule has 6 nitrogen and oxygen atoms in total. The highest BCUT2D eigenvalue weighted by Crippen LogP contribution is 2.25. The minimum absolute atomic E-state index is 0.0407. The molecular weight excluding hydrogens is 384 g/mol. The number of carbonyl (C=O) groups is 1. The van der Waals surface area contributed by atoms with E-state index in [0.717, 1.165) is 28.2 Å². The standard InChI is InChI=1S/C22H26N4O2S/c1-16-9-10-17(2)20(13-16)26-18(3)23-24-22(26)29-15-21(28)25(11-12-27)14-19-7-5-4-6-8-19/h4-10,13,27H,11-12,14-15H2,1-3H3. The molecule has 1 N–H and O–H groups in total. The molecule has 0 spiro atoms. The number of aromatic nitrogens is 3. The van der Waals surface area contributed by atoms with Gasteiger partial charge in [0.2, 0.25) is 5.91 Å². The number of nitrogens with zero attached hydrogens (tertiary/aromatic N) is 4. The lowest BCUT2D eigenvalue weighted by Crippen LogP contribution is -2.34. The summed E-state index contributed by atoms with van der Waals surface area (Å²) in [6, 6.07) is 16.0. The third-order valence-electron chi connectivity index (χ3n) is 4.66. The number of aliphatic hydroxyl groups excluding tert-OH is 1. The molecule has 0 aliphatic rings. The summed E-state index contributed by atoms with van der Waals surface area (Å²) in [5, 5.41) is 18.6. The molecule has 7 heteroatoms. The van der Waals surface area contributed by atoms with Gasteiger partial charge in [0.25, 0.3) is 0 Å². The lowest BCUT2D eigenvalue weighted by molar-refractivity contribution is -0.129. The average molecular weight is 411 g/mol.